The molecule has 1 aromatic carbocycles. The molecule has 100 valence electrons. The summed E-state index contributed by atoms with van der Waals surface area (Å²) in [5.74, 6) is 0.902. The molecule has 0 aliphatic heterocycles. The second-order valence-electron chi connectivity index (χ2n) is 4.58. The Kier molecular flexibility index (Phi) is 5.16. The fourth-order valence-corrected chi connectivity index (χ4v) is 1.95. The fourth-order valence-electron chi connectivity index (χ4n) is 1.95. The number of hydrogen-bond acceptors (Lipinski definition) is 3. The van der Waals surface area contributed by atoms with Crippen LogP contribution in [0.4, 0.5) is 0 Å². The number of hydrogen-bond donors (Lipinski definition) is 1. The zero-order valence-electron chi connectivity index (χ0n) is 11.7. The Bertz CT molecular complexity index is 405. The van der Waals surface area contributed by atoms with Gasteiger partial charge in [-0.25, -0.2) is 0 Å². The topological polar surface area (TPSA) is 41.6 Å². The van der Waals surface area contributed by atoms with E-state index in [1.165, 1.54) is 0 Å². The van der Waals surface area contributed by atoms with E-state index in [4.69, 9.17) is 4.74 Å². The third kappa shape index (κ3) is 3.47. The highest BCUT2D eigenvalue weighted by atomic mass is 16.5. The van der Waals surface area contributed by atoms with E-state index in [2.05, 4.69) is 5.32 Å². The zero-order chi connectivity index (χ0) is 13.7. The number of nitrogens with one attached hydrogen (secondary N) is 1. The van der Waals surface area contributed by atoms with Crippen LogP contribution in [0.1, 0.15) is 25.5 Å². The van der Waals surface area contributed by atoms with E-state index in [1.807, 2.05) is 38.1 Å². The minimum Gasteiger partial charge on any atom is -0.496 e. The summed E-state index contributed by atoms with van der Waals surface area (Å²) in [5.41, 5.74) is 1.05. The lowest BCUT2D eigenvalue weighted by Gasteiger charge is -2.23. The molecule has 0 aliphatic carbocycles. The zero-order valence-corrected chi connectivity index (χ0v) is 11.7. The number of carbonyl (C=O) groups is 1. The van der Waals surface area contributed by atoms with Crippen molar-refractivity contribution in [3.63, 3.8) is 0 Å². The monoisotopic (exact) mass is 250 g/mol. The first kappa shape index (κ1) is 14.5. The van der Waals surface area contributed by atoms with Crippen LogP contribution in [0.15, 0.2) is 24.3 Å². The van der Waals surface area contributed by atoms with Crippen molar-refractivity contribution in [2.24, 2.45) is 0 Å². The van der Waals surface area contributed by atoms with Gasteiger partial charge in [-0.3, -0.25) is 10.1 Å². The molecule has 0 heterocycles. The van der Waals surface area contributed by atoms with Gasteiger partial charge in [0.05, 0.1) is 13.2 Å². The molecule has 0 aliphatic rings. The Balaban J connectivity index is 2.76. The number of amides is 1. The second-order valence-corrected chi connectivity index (χ2v) is 4.58. The minimum atomic E-state index is -0.222. The molecule has 18 heavy (non-hydrogen) atoms. The Hall–Kier alpha value is -1.55. The number of rotatable bonds is 5. The van der Waals surface area contributed by atoms with Crippen LogP contribution in [0.3, 0.4) is 0 Å². The molecule has 1 aromatic rings. The molecule has 0 fully saturated rings. The van der Waals surface area contributed by atoms with Gasteiger partial charge in [0.25, 0.3) is 0 Å². The maximum atomic E-state index is 11.8. The van der Waals surface area contributed by atoms with Gasteiger partial charge >= 0.3 is 0 Å². The molecular formula is C14H22N2O2. The summed E-state index contributed by atoms with van der Waals surface area (Å²) in [7, 11) is 5.17. The number of para-hydroxylation sites is 1. The highest BCUT2D eigenvalue weighted by Gasteiger charge is 2.19. The molecule has 0 radical (unpaired) electrons. The van der Waals surface area contributed by atoms with E-state index in [-0.39, 0.29) is 18.0 Å². The quantitative estimate of drug-likeness (QED) is 0.866. The summed E-state index contributed by atoms with van der Waals surface area (Å²) in [5, 5.41) is 3.28. The fraction of sp³-hybridized carbons (Fsp3) is 0.500. The first-order valence-electron chi connectivity index (χ1n) is 6.07. The summed E-state index contributed by atoms with van der Waals surface area (Å²) in [6.45, 7) is 3.89. The van der Waals surface area contributed by atoms with Gasteiger partial charge in [-0.2, -0.15) is 0 Å². The molecule has 0 saturated carbocycles. The Morgan fingerprint density at radius 3 is 2.44 bits per heavy atom. The highest BCUT2D eigenvalue weighted by molar-refractivity contribution is 5.80. The van der Waals surface area contributed by atoms with Crippen molar-refractivity contribution in [1.82, 2.24) is 10.2 Å². The molecule has 0 spiro atoms. The normalized spacial score (nSPS) is 13.8. The van der Waals surface area contributed by atoms with E-state index in [0.29, 0.717) is 0 Å². The summed E-state index contributed by atoms with van der Waals surface area (Å²) in [6.07, 6.45) is 0. The molecule has 1 rings (SSSR count). The Morgan fingerprint density at radius 2 is 1.89 bits per heavy atom. The predicted molar refractivity (Wildman–Crippen MR) is 72.7 cm³/mol. The molecule has 0 bridgehead atoms. The van der Waals surface area contributed by atoms with Gasteiger partial charge in [0.1, 0.15) is 5.75 Å². The third-order valence-electron chi connectivity index (χ3n) is 2.92. The molecule has 4 nitrogen and oxygen atoms in total. The standard InChI is InChI=1S/C14H22N2O2/c1-10(15-11(2)14(17)16(3)4)12-8-6-7-9-13(12)18-5/h6-11,15H,1-5H3/t10-,11?/m1/s1. The summed E-state index contributed by atoms with van der Waals surface area (Å²) >= 11 is 0. The molecule has 4 heteroatoms. The van der Waals surface area contributed by atoms with Crippen molar-refractivity contribution in [3.8, 4) is 5.75 Å². The smallest absolute Gasteiger partial charge is 0.238 e. The number of methoxy groups -OCH3 is 1. The van der Waals surface area contributed by atoms with E-state index in [1.54, 1.807) is 26.1 Å². The number of benzene rings is 1. The van der Waals surface area contributed by atoms with Crippen LogP contribution in [-0.2, 0) is 4.79 Å². The van der Waals surface area contributed by atoms with Gasteiger partial charge in [0, 0.05) is 25.7 Å². The first-order chi connectivity index (χ1) is 8.47. The van der Waals surface area contributed by atoms with Crippen LogP contribution >= 0.6 is 0 Å². The molecule has 1 amide bonds. The SMILES string of the molecule is COc1ccccc1[C@@H](C)NC(C)C(=O)N(C)C. The van der Waals surface area contributed by atoms with Crippen LogP contribution < -0.4 is 10.1 Å². The van der Waals surface area contributed by atoms with Gasteiger partial charge in [-0.15, -0.1) is 0 Å². The van der Waals surface area contributed by atoms with Crippen LogP contribution in [0.5, 0.6) is 5.75 Å². The van der Waals surface area contributed by atoms with E-state index in [9.17, 15) is 4.79 Å². The van der Waals surface area contributed by atoms with Gasteiger partial charge in [0.15, 0.2) is 0 Å². The predicted octanol–water partition coefficient (Wildman–Crippen LogP) is 1.82. The lowest BCUT2D eigenvalue weighted by Crippen LogP contribution is -2.42. The maximum absolute atomic E-state index is 11.8. The number of nitrogens with zero attached hydrogens (tertiary/aromatic N) is 1. The lowest BCUT2D eigenvalue weighted by molar-refractivity contribution is -0.130. The van der Waals surface area contributed by atoms with Crippen molar-refractivity contribution in [2.45, 2.75) is 25.9 Å². The second kappa shape index (κ2) is 6.40. The molecule has 2 atom stereocenters. The van der Waals surface area contributed by atoms with E-state index < -0.39 is 0 Å². The van der Waals surface area contributed by atoms with Crippen molar-refractivity contribution >= 4 is 5.91 Å². The Labute approximate surface area is 109 Å². The summed E-state index contributed by atoms with van der Waals surface area (Å²) in [4.78, 5) is 13.4. The number of carbonyl (C=O) groups excluding carboxylic acids is 1. The van der Waals surface area contributed by atoms with Gasteiger partial charge in [-0.05, 0) is 19.9 Å². The average Bonchev–Trinajstić information content (AvgIpc) is 2.37. The largest absolute Gasteiger partial charge is 0.496 e. The van der Waals surface area contributed by atoms with Gasteiger partial charge < -0.3 is 9.64 Å². The molecular weight excluding hydrogens is 228 g/mol. The summed E-state index contributed by atoms with van der Waals surface area (Å²) in [6, 6.07) is 7.66. The maximum Gasteiger partial charge on any atom is 0.238 e. The number of likely N-dealkylation sites (N-methyl/N-ethyl adjacent to an activating group) is 1. The summed E-state index contributed by atoms with van der Waals surface area (Å²) < 4.78 is 5.32. The van der Waals surface area contributed by atoms with E-state index >= 15 is 0 Å². The van der Waals surface area contributed by atoms with Gasteiger partial charge in [-0.1, -0.05) is 18.2 Å². The third-order valence-corrected chi connectivity index (χ3v) is 2.92. The first-order valence-corrected chi connectivity index (χ1v) is 6.07. The Morgan fingerprint density at radius 1 is 1.28 bits per heavy atom. The molecule has 1 N–H and O–H groups in total. The van der Waals surface area contributed by atoms with Crippen LogP contribution in [0.25, 0.3) is 0 Å². The molecule has 1 unspecified atom stereocenters. The average molecular weight is 250 g/mol. The van der Waals surface area contributed by atoms with Gasteiger partial charge in [0.2, 0.25) is 5.91 Å². The molecule has 0 aromatic heterocycles. The van der Waals surface area contributed by atoms with Crippen molar-refractivity contribution in [1.29, 1.82) is 0 Å². The van der Waals surface area contributed by atoms with Crippen LogP contribution in [0.2, 0.25) is 0 Å². The minimum absolute atomic E-state index is 0.0556. The van der Waals surface area contributed by atoms with Crippen molar-refractivity contribution in [3.05, 3.63) is 29.8 Å². The lowest BCUT2D eigenvalue weighted by atomic mass is 10.1. The van der Waals surface area contributed by atoms with Crippen LogP contribution in [-0.4, -0.2) is 38.1 Å². The van der Waals surface area contributed by atoms with E-state index in [0.717, 1.165) is 11.3 Å². The number of ether oxygens (including phenoxy) is 1. The van der Waals surface area contributed by atoms with Crippen molar-refractivity contribution < 1.29 is 9.53 Å². The highest BCUT2D eigenvalue weighted by Crippen LogP contribution is 2.24. The molecule has 0 saturated heterocycles. The van der Waals surface area contributed by atoms with Crippen molar-refractivity contribution in [2.75, 3.05) is 21.2 Å². The van der Waals surface area contributed by atoms with Crippen LogP contribution in [0, 0.1) is 0 Å².